The van der Waals surface area contributed by atoms with Gasteiger partial charge in [-0.15, -0.1) is 0 Å². The van der Waals surface area contributed by atoms with E-state index in [1.807, 2.05) is 30.0 Å². The topological polar surface area (TPSA) is 20.3 Å². The molecular weight excluding hydrogens is 266 g/mol. The van der Waals surface area contributed by atoms with Gasteiger partial charge in [0, 0.05) is 12.2 Å². The second-order valence-corrected chi connectivity index (χ2v) is 5.88. The van der Waals surface area contributed by atoms with E-state index < -0.39 is 0 Å². The van der Waals surface area contributed by atoms with Gasteiger partial charge < -0.3 is 4.90 Å². The van der Waals surface area contributed by atoms with E-state index in [4.69, 9.17) is 0 Å². The van der Waals surface area contributed by atoms with Crippen molar-refractivity contribution in [2.45, 2.75) is 25.1 Å². The molecule has 16 heavy (non-hydrogen) atoms. The van der Waals surface area contributed by atoms with Crippen LogP contribution in [0.25, 0.3) is 0 Å². The highest BCUT2D eigenvalue weighted by atomic mass is 79.9. The van der Waals surface area contributed by atoms with E-state index >= 15 is 0 Å². The quantitative estimate of drug-likeness (QED) is 0.725. The zero-order valence-electron chi connectivity index (χ0n) is 9.61. The molecule has 0 radical (unpaired) electrons. The molecule has 1 aliphatic heterocycles. The summed E-state index contributed by atoms with van der Waals surface area (Å²) in [5, 5.41) is 0. The van der Waals surface area contributed by atoms with Crippen LogP contribution in [0.5, 0.6) is 0 Å². The van der Waals surface area contributed by atoms with Crippen molar-refractivity contribution in [1.29, 1.82) is 0 Å². The third-order valence-corrected chi connectivity index (χ3v) is 3.34. The smallest absolute Gasteiger partial charge is 0.240 e. The molecule has 1 heterocycles. The Kier molecular flexibility index (Phi) is 3.33. The Morgan fingerprint density at radius 1 is 1.50 bits per heavy atom. The molecule has 0 fully saturated rings. The van der Waals surface area contributed by atoms with Crippen LogP contribution in [0, 0.1) is 5.92 Å². The van der Waals surface area contributed by atoms with Gasteiger partial charge in [0.2, 0.25) is 5.91 Å². The van der Waals surface area contributed by atoms with E-state index in [9.17, 15) is 4.79 Å². The number of rotatable bonds is 1. The number of hydrogen-bond donors (Lipinski definition) is 0. The molecular formula is C13H16BrNO. The maximum Gasteiger partial charge on any atom is 0.240 e. The molecule has 0 spiro atoms. The fourth-order valence-electron chi connectivity index (χ4n) is 2.22. The number of nitrogens with zero attached hydrogens (tertiary/aromatic N) is 1. The fraction of sp³-hybridized carbons (Fsp3) is 0.462. The Morgan fingerprint density at radius 3 is 2.88 bits per heavy atom. The van der Waals surface area contributed by atoms with Crippen LogP contribution < -0.4 is 4.90 Å². The van der Waals surface area contributed by atoms with Gasteiger partial charge in [-0.1, -0.05) is 41.1 Å². The zero-order valence-corrected chi connectivity index (χ0v) is 11.2. The predicted molar refractivity (Wildman–Crippen MR) is 70.1 cm³/mol. The number of carbonyl (C=O) groups is 1. The molecule has 2 unspecified atom stereocenters. The second kappa shape index (κ2) is 4.58. The number of alkyl halides is 1. The standard InChI is InChI=1S/C13H16BrNO/c1-9-7-11-5-3-4-6-12(11)15(8-9)13(16)10(2)14/h3-6,9-10H,7-8H2,1-2H3. The normalized spacial score (nSPS) is 21.4. The predicted octanol–water partition coefficient (Wildman–Crippen LogP) is 3.00. The summed E-state index contributed by atoms with van der Waals surface area (Å²) in [4.78, 5) is 13.9. The average molecular weight is 282 g/mol. The summed E-state index contributed by atoms with van der Waals surface area (Å²) in [5.74, 6) is 0.684. The first kappa shape index (κ1) is 11.6. The third kappa shape index (κ3) is 2.14. The Hall–Kier alpha value is -0.830. The SMILES string of the molecule is CC1Cc2ccccc2N(C(=O)C(C)Br)C1. The zero-order chi connectivity index (χ0) is 11.7. The molecule has 0 saturated carbocycles. The fourth-order valence-corrected chi connectivity index (χ4v) is 2.47. The van der Waals surface area contributed by atoms with E-state index in [-0.39, 0.29) is 10.7 Å². The average Bonchev–Trinajstić information content (AvgIpc) is 2.26. The molecule has 0 saturated heterocycles. The summed E-state index contributed by atoms with van der Waals surface area (Å²) < 4.78 is 0. The number of fused-ring (bicyclic) bond motifs is 1. The Balaban J connectivity index is 2.37. The summed E-state index contributed by atoms with van der Waals surface area (Å²) in [6.07, 6.45) is 1.07. The van der Waals surface area contributed by atoms with E-state index in [0.717, 1.165) is 18.7 Å². The van der Waals surface area contributed by atoms with Crippen molar-refractivity contribution in [3.8, 4) is 0 Å². The highest BCUT2D eigenvalue weighted by Crippen LogP contribution is 2.30. The summed E-state index contributed by atoms with van der Waals surface area (Å²) >= 11 is 3.36. The van der Waals surface area contributed by atoms with Gasteiger partial charge in [0.05, 0.1) is 4.83 Å². The Labute approximate surface area is 105 Å². The largest absolute Gasteiger partial charge is 0.311 e. The number of halogens is 1. The maximum absolute atomic E-state index is 12.1. The van der Waals surface area contributed by atoms with Crippen LogP contribution in [-0.2, 0) is 11.2 Å². The number of amides is 1. The van der Waals surface area contributed by atoms with Crippen LogP contribution in [0.2, 0.25) is 0 Å². The Bertz CT molecular complexity index is 403. The maximum atomic E-state index is 12.1. The second-order valence-electron chi connectivity index (χ2n) is 4.50. The first-order valence-corrected chi connectivity index (χ1v) is 6.54. The lowest BCUT2D eigenvalue weighted by Crippen LogP contribution is -2.42. The van der Waals surface area contributed by atoms with Gasteiger partial charge in [-0.2, -0.15) is 0 Å². The Morgan fingerprint density at radius 2 is 2.19 bits per heavy atom. The molecule has 1 aromatic carbocycles. The molecule has 0 N–H and O–H groups in total. The van der Waals surface area contributed by atoms with Crippen LogP contribution in [0.4, 0.5) is 5.69 Å². The molecule has 0 aliphatic carbocycles. The van der Waals surface area contributed by atoms with E-state index in [1.54, 1.807) is 0 Å². The van der Waals surface area contributed by atoms with Gasteiger partial charge >= 0.3 is 0 Å². The van der Waals surface area contributed by atoms with Crippen LogP contribution >= 0.6 is 15.9 Å². The molecule has 1 aromatic rings. The molecule has 1 amide bonds. The molecule has 1 aliphatic rings. The van der Waals surface area contributed by atoms with Gasteiger partial charge in [-0.25, -0.2) is 0 Å². The summed E-state index contributed by atoms with van der Waals surface area (Å²) in [7, 11) is 0. The minimum absolute atomic E-state index is 0.120. The highest BCUT2D eigenvalue weighted by Gasteiger charge is 2.27. The van der Waals surface area contributed by atoms with E-state index in [0.29, 0.717) is 5.92 Å². The van der Waals surface area contributed by atoms with Gasteiger partial charge in [0.15, 0.2) is 0 Å². The van der Waals surface area contributed by atoms with Crippen molar-refractivity contribution in [1.82, 2.24) is 0 Å². The van der Waals surface area contributed by atoms with Gasteiger partial charge in [0.1, 0.15) is 0 Å². The molecule has 3 heteroatoms. The van der Waals surface area contributed by atoms with Crippen molar-refractivity contribution in [2.75, 3.05) is 11.4 Å². The minimum Gasteiger partial charge on any atom is -0.311 e. The van der Waals surface area contributed by atoms with E-state index in [2.05, 4.69) is 28.9 Å². The monoisotopic (exact) mass is 281 g/mol. The molecule has 2 rings (SSSR count). The van der Waals surface area contributed by atoms with Crippen LogP contribution in [-0.4, -0.2) is 17.3 Å². The van der Waals surface area contributed by atoms with Crippen molar-refractivity contribution >= 4 is 27.5 Å². The summed E-state index contributed by atoms with van der Waals surface area (Å²) in [6, 6.07) is 8.18. The molecule has 0 bridgehead atoms. The van der Waals surface area contributed by atoms with E-state index in [1.165, 1.54) is 5.56 Å². The van der Waals surface area contributed by atoms with Gasteiger partial charge in [-0.3, -0.25) is 4.79 Å². The number of para-hydroxylation sites is 1. The van der Waals surface area contributed by atoms with Crippen LogP contribution in [0.1, 0.15) is 19.4 Å². The lowest BCUT2D eigenvalue weighted by molar-refractivity contribution is -0.117. The number of carbonyl (C=O) groups excluding carboxylic acids is 1. The van der Waals surface area contributed by atoms with Crippen molar-refractivity contribution < 1.29 is 4.79 Å². The van der Waals surface area contributed by atoms with Gasteiger partial charge in [0.25, 0.3) is 0 Å². The number of benzene rings is 1. The first-order valence-electron chi connectivity index (χ1n) is 5.63. The summed E-state index contributed by atoms with van der Waals surface area (Å²) in [6.45, 7) is 4.89. The van der Waals surface area contributed by atoms with Gasteiger partial charge in [-0.05, 0) is 30.9 Å². The minimum atomic E-state index is -0.120. The third-order valence-electron chi connectivity index (χ3n) is 2.95. The van der Waals surface area contributed by atoms with Crippen LogP contribution in [0.3, 0.4) is 0 Å². The molecule has 2 atom stereocenters. The highest BCUT2D eigenvalue weighted by molar-refractivity contribution is 9.10. The lowest BCUT2D eigenvalue weighted by Gasteiger charge is -2.33. The van der Waals surface area contributed by atoms with Crippen LogP contribution in [0.15, 0.2) is 24.3 Å². The van der Waals surface area contributed by atoms with Crippen molar-refractivity contribution in [2.24, 2.45) is 5.92 Å². The molecule has 0 aromatic heterocycles. The molecule has 86 valence electrons. The summed E-state index contributed by atoms with van der Waals surface area (Å²) in [5.41, 5.74) is 2.36. The van der Waals surface area contributed by atoms with Crippen molar-refractivity contribution in [3.63, 3.8) is 0 Å². The van der Waals surface area contributed by atoms with Crippen molar-refractivity contribution in [3.05, 3.63) is 29.8 Å². The number of anilines is 1. The lowest BCUT2D eigenvalue weighted by atomic mass is 9.94. The first-order chi connectivity index (χ1) is 7.59. The number of hydrogen-bond acceptors (Lipinski definition) is 1. The molecule has 2 nitrogen and oxygen atoms in total.